The fourth-order valence-corrected chi connectivity index (χ4v) is 4.51. The zero-order valence-electron chi connectivity index (χ0n) is 16.0. The molecule has 0 saturated carbocycles. The minimum atomic E-state index is -0.249. The molecule has 2 heterocycles. The van der Waals surface area contributed by atoms with Crippen LogP contribution in [0.2, 0.25) is 0 Å². The number of fused-ring (bicyclic) bond motifs is 3. The first kappa shape index (κ1) is 18.2. The highest BCUT2D eigenvalue weighted by Crippen LogP contribution is 2.44. The van der Waals surface area contributed by atoms with Gasteiger partial charge in [0, 0.05) is 19.2 Å². The first-order valence-electron chi connectivity index (χ1n) is 9.27. The quantitative estimate of drug-likeness (QED) is 0.600. The van der Waals surface area contributed by atoms with Crippen molar-refractivity contribution in [2.75, 3.05) is 28.1 Å². The molecule has 0 spiro atoms. The molecule has 142 valence electrons. The maximum Gasteiger partial charge on any atom is 0.335 e. The van der Waals surface area contributed by atoms with Crippen LogP contribution in [0.3, 0.4) is 0 Å². The van der Waals surface area contributed by atoms with E-state index < -0.39 is 0 Å². The maximum absolute atomic E-state index is 12.7. The summed E-state index contributed by atoms with van der Waals surface area (Å²) in [7, 11) is 5.14. The van der Waals surface area contributed by atoms with Gasteiger partial charge in [0.05, 0.1) is 18.8 Å². The molecule has 2 aliphatic rings. The number of hydrogen-bond donors (Lipinski definition) is 0. The zero-order valence-corrected chi connectivity index (χ0v) is 16.0. The maximum atomic E-state index is 12.7. The van der Waals surface area contributed by atoms with Crippen molar-refractivity contribution in [1.29, 1.82) is 0 Å². The average Bonchev–Trinajstić information content (AvgIpc) is 2.89. The molecule has 1 fully saturated rings. The zero-order chi connectivity index (χ0) is 19.0. The highest BCUT2D eigenvalue weighted by Gasteiger charge is 2.48. The van der Waals surface area contributed by atoms with E-state index in [4.69, 9.17) is 14.2 Å². The van der Waals surface area contributed by atoms with Gasteiger partial charge in [-0.3, -0.25) is 4.90 Å². The highest BCUT2D eigenvalue weighted by molar-refractivity contribution is 6.01. The molecule has 0 aromatic heterocycles. The van der Waals surface area contributed by atoms with Crippen molar-refractivity contribution in [3.8, 4) is 0 Å². The summed E-state index contributed by atoms with van der Waals surface area (Å²) in [5.74, 6) is -0.249. The highest BCUT2D eigenvalue weighted by atomic mass is 16.7. The van der Waals surface area contributed by atoms with Gasteiger partial charge in [-0.25, -0.2) is 4.79 Å². The monoisotopic (exact) mass is 367 g/mol. The molecule has 2 unspecified atom stereocenters. The summed E-state index contributed by atoms with van der Waals surface area (Å²) >= 11 is 0. The molecular formula is C22H25NO4. The lowest BCUT2D eigenvalue weighted by Gasteiger charge is -2.35. The number of hydrogen-bond acceptors (Lipinski definition) is 5. The van der Waals surface area contributed by atoms with E-state index in [-0.39, 0.29) is 30.9 Å². The number of methoxy groups -OCH3 is 2. The Balaban J connectivity index is 1.78. The van der Waals surface area contributed by atoms with Gasteiger partial charge in [0.25, 0.3) is 0 Å². The second-order valence-corrected chi connectivity index (χ2v) is 7.25. The van der Waals surface area contributed by atoms with Crippen molar-refractivity contribution in [2.24, 2.45) is 0 Å². The third-order valence-electron chi connectivity index (χ3n) is 5.87. The molecule has 0 amide bonds. The molecule has 1 saturated heterocycles. The van der Waals surface area contributed by atoms with E-state index >= 15 is 0 Å². The molecule has 0 radical (unpaired) electrons. The lowest BCUT2D eigenvalue weighted by atomic mass is 9.87. The number of ether oxygens (including phenoxy) is 3. The number of benzene rings is 2. The third-order valence-corrected chi connectivity index (χ3v) is 5.87. The van der Waals surface area contributed by atoms with Crippen LogP contribution >= 0.6 is 0 Å². The number of nitrogens with zero attached hydrogens (tertiary/aromatic N) is 1. The summed E-state index contributed by atoms with van der Waals surface area (Å²) < 4.78 is 16.2. The van der Waals surface area contributed by atoms with E-state index in [1.54, 1.807) is 7.11 Å². The van der Waals surface area contributed by atoms with E-state index in [1.807, 2.05) is 12.1 Å². The largest absolute Gasteiger partial charge is 0.466 e. The van der Waals surface area contributed by atoms with Crippen LogP contribution in [0, 0.1) is 0 Å². The molecule has 2 aromatic carbocycles. The van der Waals surface area contributed by atoms with Gasteiger partial charge < -0.3 is 14.2 Å². The van der Waals surface area contributed by atoms with E-state index in [9.17, 15) is 4.79 Å². The summed E-state index contributed by atoms with van der Waals surface area (Å²) in [4.78, 5) is 14.9. The number of rotatable bonds is 5. The van der Waals surface area contributed by atoms with Crippen molar-refractivity contribution in [2.45, 2.75) is 31.0 Å². The Hall–Kier alpha value is -2.21. The van der Waals surface area contributed by atoms with Crippen LogP contribution in [0.4, 0.5) is 0 Å². The minimum Gasteiger partial charge on any atom is -0.466 e. The fourth-order valence-electron chi connectivity index (χ4n) is 4.51. The summed E-state index contributed by atoms with van der Waals surface area (Å²) in [5, 5.41) is 2.36. The van der Waals surface area contributed by atoms with Crippen molar-refractivity contribution in [3.63, 3.8) is 0 Å². The van der Waals surface area contributed by atoms with E-state index in [0.717, 1.165) is 29.6 Å². The molecule has 2 bridgehead atoms. The van der Waals surface area contributed by atoms with Crippen molar-refractivity contribution in [3.05, 3.63) is 53.6 Å². The number of carbonyl (C=O) groups excluding carboxylic acids is 1. The van der Waals surface area contributed by atoms with Gasteiger partial charge in [0.2, 0.25) is 0 Å². The lowest BCUT2D eigenvalue weighted by molar-refractivity contribution is -0.136. The van der Waals surface area contributed by atoms with Crippen LogP contribution < -0.4 is 0 Å². The first-order valence-corrected chi connectivity index (χ1v) is 9.27. The second kappa shape index (κ2) is 7.43. The number of carbonyl (C=O) groups is 1. The van der Waals surface area contributed by atoms with Crippen molar-refractivity contribution >= 4 is 22.3 Å². The normalized spacial score (nSPS) is 25.2. The summed E-state index contributed by atoms with van der Waals surface area (Å²) in [6, 6.07) is 14.9. The standard InChI is InChI=1S/C22H25NO4/c1-23-18-11-17(16-9-8-14-6-4-5-7-15(14)10-16)21(22(24)26-3)19(23)12-20(18)27-13-25-2/h4-10,18-20H,11-13H2,1-3H3/t18?,19?,20-/m0/s1. The summed E-state index contributed by atoms with van der Waals surface area (Å²) in [6.07, 6.45) is 1.56. The fraction of sp³-hybridized carbons (Fsp3) is 0.409. The van der Waals surface area contributed by atoms with Crippen LogP contribution in [0.5, 0.6) is 0 Å². The third kappa shape index (κ3) is 3.16. The van der Waals surface area contributed by atoms with Gasteiger partial charge in [0.15, 0.2) is 0 Å². The van der Waals surface area contributed by atoms with Crippen LogP contribution in [0.1, 0.15) is 18.4 Å². The topological polar surface area (TPSA) is 48.0 Å². The van der Waals surface area contributed by atoms with Crippen LogP contribution in [0.25, 0.3) is 16.3 Å². The van der Waals surface area contributed by atoms with Gasteiger partial charge in [-0.1, -0.05) is 36.4 Å². The lowest BCUT2D eigenvalue weighted by Crippen LogP contribution is -2.42. The van der Waals surface area contributed by atoms with E-state index in [1.165, 1.54) is 17.9 Å². The number of likely N-dealkylation sites (N-methyl/N-ethyl adjacent to an activating group) is 1. The predicted octanol–water partition coefficient (Wildman–Crippen LogP) is 3.23. The van der Waals surface area contributed by atoms with Crippen LogP contribution in [0.15, 0.2) is 48.0 Å². The van der Waals surface area contributed by atoms with Crippen molar-refractivity contribution in [1.82, 2.24) is 4.90 Å². The van der Waals surface area contributed by atoms with E-state index in [2.05, 4.69) is 42.3 Å². The Morgan fingerprint density at radius 1 is 1.15 bits per heavy atom. The molecule has 2 aromatic rings. The average molecular weight is 367 g/mol. The van der Waals surface area contributed by atoms with Gasteiger partial charge in [-0.05, 0) is 47.9 Å². The van der Waals surface area contributed by atoms with Gasteiger partial charge in [-0.15, -0.1) is 0 Å². The molecule has 0 aliphatic carbocycles. The first-order chi connectivity index (χ1) is 13.1. The molecule has 3 atom stereocenters. The number of esters is 1. The summed E-state index contributed by atoms with van der Waals surface area (Å²) in [5.41, 5.74) is 2.92. The smallest absolute Gasteiger partial charge is 0.335 e. The van der Waals surface area contributed by atoms with E-state index in [0.29, 0.717) is 0 Å². The Morgan fingerprint density at radius 3 is 2.67 bits per heavy atom. The van der Waals surface area contributed by atoms with Gasteiger partial charge >= 0.3 is 5.97 Å². The van der Waals surface area contributed by atoms with Crippen LogP contribution in [-0.2, 0) is 19.0 Å². The predicted molar refractivity (Wildman–Crippen MR) is 104 cm³/mol. The molecule has 2 aliphatic heterocycles. The van der Waals surface area contributed by atoms with Gasteiger partial charge in [-0.2, -0.15) is 0 Å². The molecule has 5 heteroatoms. The molecule has 5 nitrogen and oxygen atoms in total. The molecule has 4 rings (SSSR count). The SMILES string of the molecule is COCO[C@H]1CC2C(C(=O)OC)=C(c3ccc4ccccc4c3)CC1N2C. The molecule has 0 N–H and O–H groups in total. The Kier molecular flexibility index (Phi) is 5.00. The Morgan fingerprint density at radius 2 is 1.93 bits per heavy atom. The minimum absolute atomic E-state index is 0.000439. The van der Waals surface area contributed by atoms with Crippen molar-refractivity contribution < 1.29 is 19.0 Å². The Bertz CT molecular complexity index is 891. The summed E-state index contributed by atoms with van der Waals surface area (Å²) in [6.45, 7) is 0.264. The molecular weight excluding hydrogens is 342 g/mol. The second-order valence-electron chi connectivity index (χ2n) is 7.25. The van der Waals surface area contributed by atoms with Crippen LogP contribution in [-0.4, -0.2) is 57.1 Å². The Labute approximate surface area is 159 Å². The van der Waals surface area contributed by atoms with Gasteiger partial charge in [0.1, 0.15) is 6.79 Å². The molecule has 27 heavy (non-hydrogen) atoms.